The molecule has 5 nitrogen and oxygen atoms in total. The summed E-state index contributed by atoms with van der Waals surface area (Å²) >= 11 is 8.03. The normalized spacial score (nSPS) is 14.1. The molecule has 1 heterocycles. The summed E-state index contributed by atoms with van der Waals surface area (Å²) in [5.41, 5.74) is 2.47. The number of carboxylic acid groups (broad SMARTS) is 1. The van der Waals surface area contributed by atoms with Crippen molar-refractivity contribution < 1.29 is 14.7 Å². The Labute approximate surface area is 161 Å². The van der Waals surface area contributed by atoms with Crippen LogP contribution in [-0.4, -0.2) is 41.6 Å². The molecule has 26 heavy (non-hydrogen) atoms. The van der Waals surface area contributed by atoms with Crippen LogP contribution >= 0.6 is 23.4 Å². The molecular formula is C19H19ClN2O3S. The fraction of sp³-hybridized carbons (Fsp3) is 0.263. The summed E-state index contributed by atoms with van der Waals surface area (Å²) in [6.07, 6.45) is 0.100. The molecule has 2 aromatic carbocycles. The topological polar surface area (TPSA) is 69.6 Å². The number of hydrogen-bond donors (Lipinski definition) is 2. The van der Waals surface area contributed by atoms with E-state index in [1.54, 1.807) is 18.2 Å². The Hall–Kier alpha value is -2.18. The van der Waals surface area contributed by atoms with Crippen molar-refractivity contribution in [2.75, 3.05) is 34.8 Å². The number of carbonyl (C=O) groups is 2. The van der Waals surface area contributed by atoms with Crippen LogP contribution in [0, 0.1) is 0 Å². The lowest BCUT2D eigenvalue weighted by Crippen LogP contribution is -2.33. The van der Waals surface area contributed by atoms with E-state index in [0.29, 0.717) is 16.3 Å². The smallest absolute Gasteiger partial charge is 0.335 e. The maximum absolute atomic E-state index is 12.5. The van der Waals surface area contributed by atoms with Gasteiger partial charge < -0.3 is 15.3 Å². The Kier molecular flexibility index (Phi) is 6.06. The molecule has 2 aromatic rings. The van der Waals surface area contributed by atoms with Crippen LogP contribution in [0.2, 0.25) is 5.02 Å². The van der Waals surface area contributed by atoms with E-state index < -0.39 is 5.97 Å². The molecule has 1 saturated heterocycles. The molecule has 0 bridgehead atoms. The summed E-state index contributed by atoms with van der Waals surface area (Å²) in [6, 6.07) is 11.9. The number of thioether (sulfide) groups is 1. The fourth-order valence-electron chi connectivity index (χ4n) is 2.88. The summed E-state index contributed by atoms with van der Waals surface area (Å²) in [4.78, 5) is 25.8. The van der Waals surface area contributed by atoms with Crippen LogP contribution in [0.15, 0.2) is 42.5 Å². The van der Waals surface area contributed by atoms with E-state index in [2.05, 4.69) is 10.2 Å². The van der Waals surface area contributed by atoms with Crippen LogP contribution in [0.4, 0.5) is 11.4 Å². The Morgan fingerprint density at radius 3 is 2.65 bits per heavy atom. The number of rotatable bonds is 5. The van der Waals surface area contributed by atoms with E-state index in [-0.39, 0.29) is 17.9 Å². The number of aromatic carboxylic acids is 1. The van der Waals surface area contributed by atoms with Crippen molar-refractivity contribution in [1.82, 2.24) is 0 Å². The Balaban J connectivity index is 1.75. The van der Waals surface area contributed by atoms with Crippen molar-refractivity contribution in [3.8, 4) is 0 Å². The molecule has 1 aliphatic rings. The van der Waals surface area contributed by atoms with Gasteiger partial charge in [0.15, 0.2) is 0 Å². The lowest BCUT2D eigenvalue weighted by molar-refractivity contribution is -0.115. The van der Waals surface area contributed by atoms with Gasteiger partial charge in [-0.05, 0) is 35.9 Å². The summed E-state index contributed by atoms with van der Waals surface area (Å²) in [5, 5.41) is 12.6. The van der Waals surface area contributed by atoms with Crippen LogP contribution in [0.1, 0.15) is 15.9 Å². The number of nitrogens with one attached hydrogen (secondary N) is 1. The molecule has 0 spiro atoms. The SMILES string of the molecule is O=C(Cc1cccc(C(=O)O)c1)Nc1cc(Cl)ccc1N1CCSCC1. The molecule has 0 radical (unpaired) electrons. The number of anilines is 2. The highest BCUT2D eigenvalue weighted by molar-refractivity contribution is 7.99. The first-order valence-corrected chi connectivity index (χ1v) is 9.80. The monoisotopic (exact) mass is 390 g/mol. The second-order valence-electron chi connectivity index (χ2n) is 5.99. The minimum Gasteiger partial charge on any atom is -0.478 e. The largest absolute Gasteiger partial charge is 0.478 e. The van der Waals surface area contributed by atoms with Gasteiger partial charge in [-0.15, -0.1) is 0 Å². The zero-order valence-corrected chi connectivity index (χ0v) is 15.6. The maximum Gasteiger partial charge on any atom is 0.335 e. The second-order valence-corrected chi connectivity index (χ2v) is 7.65. The quantitative estimate of drug-likeness (QED) is 0.813. The van der Waals surface area contributed by atoms with Crippen molar-refractivity contribution in [3.05, 3.63) is 58.6 Å². The first-order chi connectivity index (χ1) is 12.5. The van der Waals surface area contributed by atoms with Gasteiger partial charge in [0.2, 0.25) is 5.91 Å². The van der Waals surface area contributed by atoms with Crippen LogP contribution in [0.3, 0.4) is 0 Å². The van der Waals surface area contributed by atoms with Gasteiger partial charge in [0.25, 0.3) is 0 Å². The minimum atomic E-state index is -1.01. The second kappa shape index (κ2) is 8.47. The predicted octanol–water partition coefficient (Wildman–Crippen LogP) is 3.77. The average Bonchev–Trinajstić information content (AvgIpc) is 2.62. The highest BCUT2D eigenvalue weighted by Crippen LogP contribution is 2.31. The number of amides is 1. The molecule has 136 valence electrons. The fourth-order valence-corrected chi connectivity index (χ4v) is 3.96. The van der Waals surface area contributed by atoms with E-state index in [1.807, 2.05) is 23.9 Å². The molecular weight excluding hydrogens is 372 g/mol. The summed E-state index contributed by atoms with van der Waals surface area (Å²) < 4.78 is 0. The van der Waals surface area contributed by atoms with Gasteiger partial charge in [-0.3, -0.25) is 4.79 Å². The van der Waals surface area contributed by atoms with Gasteiger partial charge in [-0.25, -0.2) is 4.79 Å². The maximum atomic E-state index is 12.5. The molecule has 0 unspecified atom stereocenters. The third-order valence-corrected chi connectivity index (χ3v) is 5.30. The van der Waals surface area contributed by atoms with E-state index in [4.69, 9.17) is 16.7 Å². The first kappa shape index (κ1) is 18.6. The number of carboxylic acids is 1. The first-order valence-electron chi connectivity index (χ1n) is 8.27. The summed E-state index contributed by atoms with van der Waals surface area (Å²) in [5.74, 6) is 0.894. The molecule has 1 fully saturated rings. The van der Waals surface area contributed by atoms with Crippen LogP contribution in [-0.2, 0) is 11.2 Å². The van der Waals surface area contributed by atoms with Gasteiger partial charge in [0, 0.05) is 29.6 Å². The number of halogens is 1. The van der Waals surface area contributed by atoms with Crippen molar-refractivity contribution in [2.45, 2.75) is 6.42 Å². The molecule has 0 aliphatic carbocycles. The lowest BCUT2D eigenvalue weighted by atomic mass is 10.1. The number of benzene rings is 2. The zero-order valence-electron chi connectivity index (χ0n) is 14.1. The molecule has 2 N–H and O–H groups in total. The molecule has 1 aliphatic heterocycles. The molecule has 0 saturated carbocycles. The molecule has 0 aromatic heterocycles. The highest BCUT2D eigenvalue weighted by Gasteiger charge is 2.17. The predicted molar refractivity (Wildman–Crippen MR) is 107 cm³/mol. The van der Waals surface area contributed by atoms with Crippen molar-refractivity contribution in [2.24, 2.45) is 0 Å². The number of carbonyl (C=O) groups excluding carboxylic acids is 1. The summed E-state index contributed by atoms with van der Waals surface area (Å²) in [7, 11) is 0. The number of hydrogen-bond acceptors (Lipinski definition) is 4. The van der Waals surface area contributed by atoms with E-state index in [1.165, 1.54) is 12.1 Å². The van der Waals surface area contributed by atoms with Crippen molar-refractivity contribution in [3.63, 3.8) is 0 Å². The molecule has 1 amide bonds. The third kappa shape index (κ3) is 4.71. The van der Waals surface area contributed by atoms with Crippen molar-refractivity contribution >= 4 is 46.6 Å². The lowest BCUT2D eigenvalue weighted by Gasteiger charge is -2.30. The summed E-state index contributed by atoms with van der Waals surface area (Å²) in [6.45, 7) is 1.85. The van der Waals surface area contributed by atoms with Gasteiger partial charge in [0.05, 0.1) is 23.4 Å². The minimum absolute atomic E-state index is 0.100. The van der Waals surface area contributed by atoms with E-state index in [9.17, 15) is 9.59 Å². The van der Waals surface area contributed by atoms with Gasteiger partial charge in [-0.2, -0.15) is 11.8 Å². The van der Waals surface area contributed by atoms with Gasteiger partial charge in [0.1, 0.15) is 0 Å². The van der Waals surface area contributed by atoms with Crippen molar-refractivity contribution in [1.29, 1.82) is 0 Å². The molecule has 0 atom stereocenters. The van der Waals surface area contributed by atoms with Gasteiger partial charge in [-0.1, -0.05) is 23.7 Å². The van der Waals surface area contributed by atoms with Crippen LogP contribution in [0.5, 0.6) is 0 Å². The van der Waals surface area contributed by atoms with E-state index >= 15 is 0 Å². The van der Waals surface area contributed by atoms with Crippen LogP contribution < -0.4 is 10.2 Å². The zero-order chi connectivity index (χ0) is 18.5. The molecule has 3 rings (SSSR count). The molecule has 7 heteroatoms. The number of nitrogens with zero attached hydrogens (tertiary/aromatic N) is 1. The average molecular weight is 391 g/mol. The third-order valence-electron chi connectivity index (χ3n) is 4.12. The Morgan fingerprint density at radius 2 is 1.92 bits per heavy atom. The Morgan fingerprint density at radius 1 is 1.15 bits per heavy atom. The standard InChI is InChI=1S/C19H19ClN2O3S/c20-15-4-5-17(22-6-8-26-9-7-22)16(12-15)21-18(23)11-13-2-1-3-14(10-13)19(24)25/h1-5,10,12H,6-9,11H2,(H,21,23)(H,24,25). The van der Waals surface area contributed by atoms with Crippen LogP contribution in [0.25, 0.3) is 0 Å². The highest BCUT2D eigenvalue weighted by atomic mass is 35.5. The van der Waals surface area contributed by atoms with Gasteiger partial charge >= 0.3 is 5.97 Å². The van der Waals surface area contributed by atoms with E-state index in [0.717, 1.165) is 30.3 Å². The Bertz CT molecular complexity index is 822.